The van der Waals surface area contributed by atoms with E-state index in [-0.39, 0.29) is 0 Å². The number of hydrogen-bond donors (Lipinski definition) is 1. The monoisotopic (exact) mass is 171 g/mol. The fourth-order valence-electron chi connectivity index (χ4n) is 0.773. The largest absolute Gasteiger partial charge is 0.416 e. The first-order chi connectivity index (χ1) is 4.93. The van der Waals surface area contributed by atoms with Crippen LogP contribution in [-0.2, 0) is 4.74 Å². The molecule has 2 unspecified atom stereocenters. The standard InChI is InChI=1S/C6H12F3NO/c1-4(10-2)5(11-3)6(7,8)9/h4-5,10H,1-3H3. The molecule has 0 spiro atoms. The second kappa shape index (κ2) is 3.92. The molecule has 2 nitrogen and oxygen atoms in total. The van der Waals surface area contributed by atoms with Gasteiger partial charge < -0.3 is 10.1 Å². The molecule has 0 aromatic heterocycles. The Bertz CT molecular complexity index is 115. The van der Waals surface area contributed by atoms with Gasteiger partial charge in [-0.2, -0.15) is 13.2 Å². The Morgan fingerprint density at radius 2 is 1.82 bits per heavy atom. The van der Waals surface area contributed by atoms with Crippen LogP contribution >= 0.6 is 0 Å². The zero-order valence-corrected chi connectivity index (χ0v) is 6.70. The molecular weight excluding hydrogens is 159 g/mol. The van der Waals surface area contributed by atoms with E-state index in [1.807, 2.05) is 0 Å². The van der Waals surface area contributed by atoms with Gasteiger partial charge in [0.15, 0.2) is 6.10 Å². The summed E-state index contributed by atoms with van der Waals surface area (Å²) >= 11 is 0. The van der Waals surface area contributed by atoms with Crippen LogP contribution in [0.25, 0.3) is 0 Å². The zero-order chi connectivity index (χ0) is 9.07. The number of likely N-dealkylation sites (N-methyl/N-ethyl adjacent to an activating group) is 1. The molecule has 0 amide bonds. The van der Waals surface area contributed by atoms with Crippen LogP contribution in [0.4, 0.5) is 13.2 Å². The van der Waals surface area contributed by atoms with Crippen LogP contribution < -0.4 is 5.32 Å². The van der Waals surface area contributed by atoms with Gasteiger partial charge in [0.2, 0.25) is 0 Å². The van der Waals surface area contributed by atoms with Crippen LogP contribution in [0.5, 0.6) is 0 Å². The minimum Gasteiger partial charge on any atom is -0.370 e. The molecule has 0 aromatic rings. The van der Waals surface area contributed by atoms with Gasteiger partial charge in [-0.1, -0.05) is 0 Å². The van der Waals surface area contributed by atoms with E-state index in [4.69, 9.17) is 0 Å². The average Bonchev–Trinajstić information content (AvgIpc) is 1.86. The van der Waals surface area contributed by atoms with E-state index in [0.717, 1.165) is 7.11 Å². The second-order valence-corrected chi connectivity index (χ2v) is 2.28. The summed E-state index contributed by atoms with van der Waals surface area (Å²) in [5.74, 6) is 0. The number of hydrogen-bond acceptors (Lipinski definition) is 2. The van der Waals surface area contributed by atoms with Gasteiger partial charge in [0.05, 0.1) is 0 Å². The van der Waals surface area contributed by atoms with E-state index >= 15 is 0 Å². The van der Waals surface area contributed by atoms with E-state index < -0.39 is 18.3 Å². The van der Waals surface area contributed by atoms with Gasteiger partial charge in [-0.05, 0) is 14.0 Å². The molecule has 0 aromatic carbocycles. The van der Waals surface area contributed by atoms with E-state index in [1.165, 1.54) is 14.0 Å². The predicted octanol–water partition coefficient (Wildman–Crippen LogP) is 1.17. The van der Waals surface area contributed by atoms with Crippen molar-refractivity contribution >= 4 is 0 Å². The fourth-order valence-corrected chi connectivity index (χ4v) is 0.773. The number of rotatable bonds is 3. The predicted molar refractivity (Wildman–Crippen MR) is 35.4 cm³/mol. The van der Waals surface area contributed by atoms with E-state index in [2.05, 4.69) is 10.1 Å². The van der Waals surface area contributed by atoms with Gasteiger partial charge in [-0.3, -0.25) is 0 Å². The molecule has 11 heavy (non-hydrogen) atoms. The minimum absolute atomic E-state index is 0.722. The maximum absolute atomic E-state index is 12.0. The molecule has 0 radical (unpaired) electrons. The molecule has 0 fully saturated rings. The van der Waals surface area contributed by atoms with Crippen molar-refractivity contribution in [2.45, 2.75) is 25.2 Å². The lowest BCUT2D eigenvalue weighted by Gasteiger charge is -2.24. The topological polar surface area (TPSA) is 21.3 Å². The maximum atomic E-state index is 12.0. The van der Waals surface area contributed by atoms with Crippen molar-refractivity contribution in [1.82, 2.24) is 5.32 Å². The lowest BCUT2D eigenvalue weighted by atomic mass is 10.2. The summed E-state index contributed by atoms with van der Waals surface area (Å²) in [6.07, 6.45) is -6.02. The quantitative estimate of drug-likeness (QED) is 0.688. The Morgan fingerprint density at radius 1 is 1.36 bits per heavy atom. The van der Waals surface area contributed by atoms with Crippen LogP contribution in [0.3, 0.4) is 0 Å². The van der Waals surface area contributed by atoms with Crippen LogP contribution in [0.2, 0.25) is 0 Å². The molecule has 1 N–H and O–H groups in total. The second-order valence-electron chi connectivity index (χ2n) is 2.28. The SMILES string of the molecule is CNC(C)C(OC)C(F)(F)F. The van der Waals surface area contributed by atoms with Crippen molar-refractivity contribution in [3.8, 4) is 0 Å². The lowest BCUT2D eigenvalue weighted by molar-refractivity contribution is -0.219. The Hall–Kier alpha value is -0.290. The van der Waals surface area contributed by atoms with Crippen molar-refractivity contribution in [3.63, 3.8) is 0 Å². The number of halogens is 3. The van der Waals surface area contributed by atoms with E-state index in [0.29, 0.717) is 0 Å². The van der Waals surface area contributed by atoms with Gasteiger partial charge in [0.25, 0.3) is 0 Å². The average molecular weight is 171 g/mol. The highest BCUT2D eigenvalue weighted by molar-refractivity contribution is 4.77. The number of alkyl halides is 3. The zero-order valence-electron chi connectivity index (χ0n) is 6.70. The summed E-state index contributed by atoms with van der Waals surface area (Å²) < 4.78 is 40.3. The molecule has 68 valence electrons. The van der Waals surface area contributed by atoms with Crippen molar-refractivity contribution < 1.29 is 17.9 Å². The third-order valence-corrected chi connectivity index (χ3v) is 1.49. The summed E-state index contributed by atoms with van der Waals surface area (Å²) in [5, 5.41) is 2.48. The Morgan fingerprint density at radius 3 is 1.91 bits per heavy atom. The highest BCUT2D eigenvalue weighted by atomic mass is 19.4. The molecule has 0 rings (SSSR count). The van der Waals surface area contributed by atoms with Gasteiger partial charge >= 0.3 is 6.18 Å². The molecule has 0 aliphatic heterocycles. The van der Waals surface area contributed by atoms with Gasteiger partial charge in [-0.25, -0.2) is 0 Å². The lowest BCUT2D eigenvalue weighted by Crippen LogP contribution is -2.46. The molecule has 5 heteroatoms. The van der Waals surface area contributed by atoms with E-state index in [1.54, 1.807) is 0 Å². The normalized spacial score (nSPS) is 18.0. The summed E-state index contributed by atoms with van der Waals surface area (Å²) in [6, 6.07) is -0.722. The summed E-state index contributed by atoms with van der Waals surface area (Å²) in [5.41, 5.74) is 0. The van der Waals surface area contributed by atoms with Crippen molar-refractivity contribution in [2.24, 2.45) is 0 Å². The molecule has 0 heterocycles. The first-order valence-corrected chi connectivity index (χ1v) is 3.20. The third-order valence-electron chi connectivity index (χ3n) is 1.49. The van der Waals surface area contributed by atoms with Gasteiger partial charge in [0.1, 0.15) is 0 Å². The molecule has 0 aliphatic rings. The third kappa shape index (κ3) is 3.07. The first kappa shape index (κ1) is 10.7. The highest BCUT2D eigenvalue weighted by Crippen LogP contribution is 2.24. The summed E-state index contributed by atoms with van der Waals surface area (Å²) in [7, 11) is 2.51. The van der Waals surface area contributed by atoms with Gasteiger partial charge in [0, 0.05) is 13.2 Å². The fraction of sp³-hybridized carbons (Fsp3) is 1.00. The molecule has 0 saturated carbocycles. The van der Waals surface area contributed by atoms with Gasteiger partial charge in [-0.15, -0.1) is 0 Å². The molecule has 0 aliphatic carbocycles. The Labute approximate surface area is 63.7 Å². The maximum Gasteiger partial charge on any atom is 0.416 e. The number of methoxy groups -OCH3 is 1. The smallest absolute Gasteiger partial charge is 0.370 e. The molecular formula is C6H12F3NO. The summed E-state index contributed by atoms with van der Waals surface area (Å²) in [6.45, 7) is 1.42. The number of ether oxygens (including phenoxy) is 1. The van der Waals surface area contributed by atoms with Crippen LogP contribution in [0.1, 0.15) is 6.92 Å². The molecule has 2 atom stereocenters. The minimum atomic E-state index is -4.29. The van der Waals surface area contributed by atoms with Crippen LogP contribution in [0.15, 0.2) is 0 Å². The Kier molecular flexibility index (Phi) is 3.82. The molecule has 0 bridgehead atoms. The van der Waals surface area contributed by atoms with Crippen LogP contribution in [0, 0.1) is 0 Å². The van der Waals surface area contributed by atoms with E-state index in [9.17, 15) is 13.2 Å². The number of nitrogens with one attached hydrogen (secondary N) is 1. The first-order valence-electron chi connectivity index (χ1n) is 3.20. The van der Waals surface area contributed by atoms with Crippen molar-refractivity contribution in [2.75, 3.05) is 14.2 Å². The van der Waals surface area contributed by atoms with Crippen molar-refractivity contribution in [1.29, 1.82) is 0 Å². The van der Waals surface area contributed by atoms with Crippen LogP contribution in [-0.4, -0.2) is 32.5 Å². The summed E-state index contributed by atoms with van der Waals surface area (Å²) in [4.78, 5) is 0. The molecule has 0 saturated heterocycles. The highest BCUT2D eigenvalue weighted by Gasteiger charge is 2.42. The Balaban J connectivity index is 4.16. The van der Waals surface area contributed by atoms with Crippen molar-refractivity contribution in [3.05, 3.63) is 0 Å².